The number of hydrogen-bond acceptors (Lipinski definition) is 2. The Labute approximate surface area is 118 Å². The third-order valence-corrected chi connectivity index (χ3v) is 4.58. The molecule has 1 aromatic rings. The molecule has 1 aromatic carbocycles. The quantitative estimate of drug-likeness (QED) is 0.788. The van der Waals surface area contributed by atoms with E-state index < -0.39 is 17.2 Å². The van der Waals surface area contributed by atoms with E-state index in [9.17, 15) is 13.6 Å². The maximum Gasteiger partial charge on any atom is 0.186 e. The minimum atomic E-state index is -1.03. The lowest BCUT2D eigenvalue weighted by Gasteiger charge is -2.43. The van der Waals surface area contributed by atoms with Gasteiger partial charge in [0.05, 0.1) is 11.1 Å². The van der Waals surface area contributed by atoms with E-state index in [0.717, 1.165) is 18.9 Å². The van der Waals surface area contributed by atoms with Gasteiger partial charge >= 0.3 is 0 Å². The summed E-state index contributed by atoms with van der Waals surface area (Å²) in [6.45, 7) is 2.16. The molecule has 0 aromatic heterocycles. The first-order chi connectivity index (χ1) is 9.38. The molecule has 0 spiro atoms. The van der Waals surface area contributed by atoms with Crippen LogP contribution in [-0.2, 0) is 0 Å². The molecule has 0 atom stereocenters. The lowest BCUT2D eigenvalue weighted by molar-refractivity contribution is 0.0508. The maximum absolute atomic E-state index is 13.9. The summed E-state index contributed by atoms with van der Waals surface area (Å²) in [6, 6.07) is 3.81. The van der Waals surface area contributed by atoms with Gasteiger partial charge in [-0.15, -0.1) is 0 Å². The van der Waals surface area contributed by atoms with E-state index in [4.69, 9.17) is 0 Å². The molecule has 0 bridgehead atoms. The molecule has 2 rings (SSSR count). The highest BCUT2D eigenvalue weighted by Gasteiger charge is 2.44. The first-order valence-electron chi connectivity index (χ1n) is 7.05. The van der Waals surface area contributed by atoms with Crippen molar-refractivity contribution < 1.29 is 13.6 Å². The van der Waals surface area contributed by atoms with Gasteiger partial charge in [-0.2, -0.15) is 0 Å². The lowest BCUT2D eigenvalue weighted by atomic mass is 9.72. The Balaban J connectivity index is 2.40. The zero-order chi connectivity index (χ0) is 14.9. The maximum atomic E-state index is 13.9. The molecule has 1 aliphatic carbocycles. The second kappa shape index (κ2) is 5.60. The van der Waals surface area contributed by atoms with Gasteiger partial charge in [0.2, 0.25) is 0 Å². The van der Waals surface area contributed by atoms with Crippen LogP contribution in [0, 0.1) is 17.6 Å². The van der Waals surface area contributed by atoms with E-state index in [2.05, 4.69) is 6.92 Å². The van der Waals surface area contributed by atoms with E-state index in [1.54, 1.807) is 0 Å². The third-order valence-electron chi connectivity index (χ3n) is 4.58. The Kier molecular flexibility index (Phi) is 4.23. The van der Waals surface area contributed by atoms with Crippen LogP contribution in [0.4, 0.5) is 8.78 Å². The second-order valence-electron chi connectivity index (χ2n) is 6.04. The molecule has 0 unspecified atom stereocenters. The number of benzene rings is 1. The molecule has 0 amide bonds. The summed E-state index contributed by atoms with van der Waals surface area (Å²) < 4.78 is 27.3. The van der Waals surface area contributed by atoms with Gasteiger partial charge in [0.25, 0.3) is 0 Å². The Hall–Kier alpha value is -1.29. The summed E-state index contributed by atoms with van der Waals surface area (Å²) in [7, 11) is 3.68. The van der Waals surface area contributed by atoms with Crippen molar-refractivity contribution >= 4 is 5.78 Å². The fourth-order valence-electron chi connectivity index (χ4n) is 3.05. The molecule has 2 nitrogen and oxygen atoms in total. The summed E-state index contributed by atoms with van der Waals surface area (Å²) >= 11 is 0. The Morgan fingerprint density at radius 2 is 1.85 bits per heavy atom. The summed E-state index contributed by atoms with van der Waals surface area (Å²) in [5.41, 5.74) is -0.838. The molecule has 0 heterocycles. The third kappa shape index (κ3) is 2.49. The molecular weight excluding hydrogens is 260 g/mol. The van der Waals surface area contributed by atoms with Gasteiger partial charge in [0.15, 0.2) is 17.4 Å². The van der Waals surface area contributed by atoms with Crippen LogP contribution in [0.25, 0.3) is 0 Å². The predicted octanol–water partition coefficient (Wildman–Crippen LogP) is 3.66. The zero-order valence-electron chi connectivity index (χ0n) is 12.2. The van der Waals surface area contributed by atoms with E-state index in [1.165, 1.54) is 12.1 Å². The van der Waals surface area contributed by atoms with Crippen molar-refractivity contribution in [3.05, 3.63) is 35.4 Å². The number of hydrogen-bond donors (Lipinski definition) is 0. The molecule has 0 N–H and O–H groups in total. The van der Waals surface area contributed by atoms with Crippen molar-refractivity contribution in [2.45, 2.75) is 38.1 Å². The minimum absolute atomic E-state index is 0.131. The van der Waals surface area contributed by atoms with Crippen LogP contribution in [0.2, 0.25) is 0 Å². The average molecular weight is 281 g/mol. The van der Waals surface area contributed by atoms with E-state index >= 15 is 0 Å². The number of likely N-dealkylation sites (N-methyl/N-ethyl adjacent to an activating group) is 1. The van der Waals surface area contributed by atoms with Gasteiger partial charge in [-0.25, -0.2) is 8.78 Å². The highest BCUT2D eigenvalue weighted by atomic mass is 19.2. The number of ketones is 1. The van der Waals surface area contributed by atoms with Gasteiger partial charge in [0, 0.05) is 0 Å². The fourth-order valence-corrected chi connectivity index (χ4v) is 3.05. The summed E-state index contributed by atoms with van der Waals surface area (Å²) in [6.07, 6.45) is 3.24. The smallest absolute Gasteiger partial charge is 0.186 e. The van der Waals surface area contributed by atoms with Gasteiger partial charge in [0.1, 0.15) is 0 Å². The van der Waals surface area contributed by atoms with Crippen LogP contribution in [-0.4, -0.2) is 30.3 Å². The number of nitrogens with zero attached hydrogens (tertiary/aromatic N) is 1. The number of Topliss-reactive ketones (excluding diaryl/α,β-unsaturated/α-hetero) is 1. The van der Waals surface area contributed by atoms with Crippen LogP contribution >= 0.6 is 0 Å². The summed E-state index contributed by atoms with van der Waals surface area (Å²) in [5.74, 6) is -1.72. The van der Waals surface area contributed by atoms with Crippen molar-refractivity contribution in [2.24, 2.45) is 5.92 Å². The molecule has 1 saturated carbocycles. The Morgan fingerprint density at radius 1 is 1.25 bits per heavy atom. The molecule has 4 heteroatoms. The molecule has 1 fully saturated rings. The van der Waals surface area contributed by atoms with E-state index in [1.807, 2.05) is 19.0 Å². The number of halogens is 2. The van der Waals surface area contributed by atoms with Gasteiger partial charge in [-0.3, -0.25) is 9.69 Å². The normalized spacial score (nSPS) is 26.8. The number of carbonyl (C=O) groups is 1. The van der Waals surface area contributed by atoms with E-state index in [0.29, 0.717) is 18.8 Å². The first kappa shape index (κ1) is 15.1. The molecular formula is C16H21F2NO. The summed E-state index contributed by atoms with van der Waals surface area (Å²) in [5, 5.41) is 0. The van der Waals surface area contributed by atoms with Crippen LogP contribution in [0.1, 0.15) is 43.0 Å². The molecule has 20 heavy (non-hydrogen) atoms. The Bertz CT molecular complexity index is 505. The Morgan fingerprint density at radius 3 is 2.40 bits per heavy atom. The number of carbonyl (C=O) groups excluding carboxylic acids is 1. The standard InChI is InChI=1S/C16H21F2NO/c1-11-7-9-16(10-8-11,19(2)3)15(20)12-5-4-6-13(17)14(12)18/h4-6,11H,7-10H2,1-3H3. The van der Waals surface area contributed by atoms with E-state index in [-0.39, 0.29) is 11.3 Å². The SMILES string of the molecule is CC1CCC(C(=O)c2cccc(F)c2F)(N(C)C)CC1. The number of rotatable bonds is 3. The predicted molar refractivity (Wildman–Crippen MR) is 74.7 cm³/mol. The van der Waals surface area contributed by atoms with Crippen LogP contribution in [0.3, 0.4) is 0 Å². The van der Waals surface area contributed by atoms with Crippen LogP contribution < -0.4 is 0 Å². The minimum Gasteiger partial charge on any atom is -0.297 e. The zero-order valence-corrected chi connectivity index (χ0v) is 12.2. The van der Waals surface area contributed by atoms with Crippen molar-refractivity contribution in [1.29, 1.82) is 0 Å². The monoisotopic (exact) mass is 281 g/mol. The second-order valence-corrected chi connectivity index (χ2v) is 6.04. The lowest BCUT2D eigenvalue weighted by Crippen LogP contribution is -2.53. The summed E-state index contributed by atoms with van der Waals surface area (Å²) in [4.78, 5) is 14.7. The highest BCUT2D eigenvalue weighted by Crippen LogP contribution is 2.38. The fraction of sp³-hybridized carbons (Fsp3) is 0.562. The highest BCUT2D eigenvalue weighted by molar-refractivity contribution is 6.03. The van der Waals surface area contributed by atoms with Gasteiger partial charge in [-0.05, 0) is 57.8 Å². The average Bonchev–Trinajstić information content (AvgIpc) is 2.42. The van der Waals surface area contributed by atoms with Gasteiger partial charge in [-0.1, -0.05) is 13.0 Å². The van der Waals surface area contributed by atoms with Crippen molar-refractivity contribution in [3.8, 4) is 0 Å². The molecule has 1 aliphatic rings. The topological polar surface area (TPSA) is 20.3 Å². The van der Waals surface area contributed by atoms with Crippen molar-refractivity contribution in [3.63, 3.8) is 0 Å². The molecule has 0 aliphatic heterocycles. The molecule has 0 saturated heterocycles. The van der Waals surface area contributed by atoms with Crippen molar-refractivity contribution in [1.82, 2.24) is 4.90 Å². The van der Waals surface area contributed by atoms with Crippen molar-refractivity contribution in [2.75, 3.05) is 14.1 Å². The first-order valence-corrected chi connectivity index (χ1v) is 7.05. The largest absolute Gasteiger partial charge is 0.297 e. The molecule has 110 valence electrons. The molecule has 0 radical (unpaired) electrons. The van der Waals surface area contributed by atoms with Crippen LogP contribution in [0.5, 0.6) is 0 Å². The van der Waals surface area contributed by atoms with Gasteiger partial charge < -0.3 is 0 Å². The van der Waals surface area contributed by atoms with Crippen LogP contribution in [0.15, 0.2) is 18.2 Å².